The van der Waals surface area contributed by atoms with Crippen LogP contribution in [0.4, 0.5) is 4.79 Å². The molecule has 70 valence electrons. The topological polar surface area (TPSA) is 72.2 Å². The molecule has 0 spiro atoms. The van der Waals surface area contributed by atoms with Crippen LogP contribution < -0.4 is 5.32 Å². The van der Waals surface area contributed by atoms with Gasteiger partial charge in [-0.1, -0.05) is 0 Å². The molecule has 1 aliphatic carbocycles. The van der Waals surface area contributed by atoms with Gasteiger partial charge in [-0.15, -0.1) is 0 Å². The number of aliphatic hydroxyl groups is 1. The Bertz CT molecular complexity index is 152. The second-order valence-electron chi connectivity index (χ2n) is 3.37. The van der Waals surface area contributed by atoms with Crippen LogP contribution in [-0.2, 0) is 0 Å². The summed E-state index contributed by atoms with van der Waals surface area (Å²) in [4.78, 5) is 10.4. The SMILES string of the molecule is O=C([OH2+])NC1CCC(CO)CC1. The second-order valence-corrected chi connectivity index (χ2v) is 3.37. The van der Waals surface area contributed by atoms with Crippen molar-refractivity contribution in [3.05, 3.63) is 0 Å². The van der Waals surface area contributed by atoms with E-state index >= 15 is 0 Å². The first-order valence-corrected chi connectivity index (χ1v) is 4.35. The van der Waals surface area contributed by atoms with Gasteiger partial charge in [0.25, 0.3) is 0 Å². The van der Waals surface area contributed by atoms with E-state index in [0.717, 1.165) is 25.7 Å². The molecule has 0 aromatic carbocycles. The van der Waals surface area contributed by atoms with Gasteiger partial charge in [0.15, 0.2) is 0 Å². The van der Waals surface area contributed by atoms with Gasteiger partial charge in [0.05, 0.1) is 4.79 Å². The minimum absolute atomic E-state index is 0.165. The lowest BCUT2D eigenvalue weighted by atomic mass is 9.87. The van der Waals surface area contributed by atoms with E-state index in [4.69, 9.17) is 10.2 Å². The van der Waals surface area contributed by atoms with Crippen molar-refractivity contribution in [1.82, 2.24) is 5.32 Å². The molecule has 4 nitrogen and oxygen atoms in total. The first-order valence-electron chi connectivity index (χ1n) is 4.35. The molecule has 4 N–H and O–H groups in total. The Balaban J connectivity index is 2.21. The number of hydrogen-bond donors (Lipinski definition) is 2. The third-order valence-corrected chi connectivity index (χ3v) is 2.44. The van der Waals surface area contributed by atoms with Gasteiger partial charge in [0.1, 0.15) is 0 Å². The zero-order valence-corrected chi connectivity index (χ0v) is 7.05. The summed E-state index contributed by atoms with van der Waals surface area (Å²) in [6, 6.07) is 0.165. The monoisotopic (exact) mass is 174 g/mol. The van der Waals surface area contributed by atoms with Gasteiger partial charge >= 0.3 is 6.09 Å². The van der Waals surface area contributed by atoms with Gasteiger partial charge in [-0.2, -0.15) is 0 Å². The van der Waals surface area contributed by atoms with E-state index in [0.29, 0.717) is 5.92 Å². The molecule has 0 saturated heterocycles. The van der Waals surface area contributed by atoms with Gasteiger partial charge in [0, 0.05) is 12.6 Å². The Kier molecular flexibility index (Phi) is 3.34. The summed E-state index contributed by atoms with van der Waals surface area (Å²) in [5, 5.41) is 18.1. The molecule has 0 bridgehead atoms. The molecular weight excluding hydrogens is 158 g/mol. The van der Waals surface area contributed by atoms with Crippen LogP contribution in [0.2, 0.25) is 0 Å². The van der Waals surface area contributed by atoms with Crippen molar-refractivity contribution in [3.63, 3.8) is 0 Å². The number of rotatable bonds is 2. The predicted molar refractivity (Wildman–Crippen MR) is 45.0 cm³/mol. The fourth-order valence-electron chi connectivity index (χ4n) is 1.67. The molecule has 4 heteroatoms. The molecule has 0 aromatic rings. The Labute approximate surface area is 71.6 Å². The lowest BCUT2D eigenvalue weighted by molar-refractivity contribution is 0.162. The molecule has 0 heterocycles. The van der Waals surface area contributed by atoms with Crippen LogP contribution in [0.1, 0.15) is 25.7 Å². The van der Waals surface area contributed by atoms with Crippen molar-refractivity contribution < 1.29 is 15.0 Å². The van der Waals surface area contributed by atoms with Crippen LogP contribution >= 0.6 is 0 Å². The van der Waals surface area contributed by atoms with Crippen LogP contribution in [0, 0.1) is 5.92 Å². The number of amides is 1. The number of hydrogen-bond acceptors (Lipinski definition) is 2. The van der Waals surface area contributed by atoms with Gasteiger partial charge in [0.2, 0.25) is 0 Å². The number of carbonyl (C=O) groups excluding carboxylic acids is 1. The van der Waals surface area contributed by atoms with E-state index < -0.39 is 6.09 Å². The molecule has 0 aliphatic heterocycles. The lowest BCUT2D eigenvalue weighted by Gasteiger charge is -2.25. The van der Waals surface area contributed by atoms with Crippen molar-refractivity contribution in [1.29, 1.82) is 0 Å². The molecular formula is C8H16NO3+. The summed E-state index contributed by atoms with van der Waals surface area (Å²) in [6.45, 7) is 0.252. The van der Waals surface area contributed by atoms with Crippen LogP contribution in [-0.4, -0.2) is 29.0 Å². The third-order valence-electron chi connectivity index (χ3n) is 2.44. The van der Waals surface area contributed by atoms with Crippen molar-refractivity contribution >= 4 is 6.09 Å². The van der Waals surface area contributed by atoms with Crippen LogP contribution in [0.3, 0.4) is 0 Å². The maximum Gasteiger partial charge on any atom is 0.626 e. The number of aliphatic hydroxyl groups excluding tert-OH is 1. The highest BCUT2D eigenvalue weighted by Crippen LogP contribution is 2.23. The minimum Gasteiger partial charge on any atom is -0.547 e. The van der Waals surface area contributed by atoms with Gasteiger partial charge in [-0.05, 0) is 31.6 Å². The van der Waals surface area contributed by atoms with E-state index in [-0.39, 0.29) is 12.6 Å². The zero-order valence-electron chi connectivity index (χ0n) is 7.05. The summed E-state index contributed by atoms with van der Waals surface area (Å²) in [6.07, 6.45) is 3.02. The van der Waals surface area contributed by atoms with Crippen LogP contribution in [0.15, 0.2) is 0 Å². The number of nitrogens with one attached hydrogen (secondary N) is 1. The largest absolute Gasteiger partial charge is 0.626 e. The van der Waals surface area contributed by atoms with Crippen molar-refractivity contribution in [2.45, 2.75) is 31.7 Å². The molecule has 1 fully saturated rings. The normalized spacial score (nSPS) is 29.8. The average Bonchev–Trinajstić information content (AvgIpc) is 2.05. The van der Waals surface area contributed by atoms with Crippen LogP contribution in [0.25, 0.3) is 0 Å². The van der Waals surface area contributed by atoms with E-state index in [1.807, 2.05) is 0 Å². The summed E-state index contributed by atoms with van der Waals surface area (Å²) in [7, 11) is 0. The summed E-state index contributed by atoms with van der Waals surface area (Å²) >= 11 is 0. The van der Waals surface area contributed by atoms with Crippen molar-refractivity contribution in [2.24, 2.45) is 5.92 Å². The smallest absolute Gasteiger partial charge is 0.547 e. The molecule has 12 heavy (non-hydrogen) atoms. The predicted octanol–water partition coefficient (Wildman–Crippen LogP) is -0.0283. The quantitative estimate of drug-likeness (QED) is 0.577. The fraction of sp³-hybridized carbons (Fsp3) is 0.875. The molecule has 0 radical (unpaired) electrons. The summed E-state index contributed by atoms with van der Waals surface area (Å²) < 4.78 is 0. The number of carbonyl (C=O) groups is 1. The molecule has 0 atom stereocenters. The van der Waals surface area contributed by atoms with Crippen LogP contribution in [0.5, 0.6) is 0 Å². The van der Waals surface area contributed by atoms with E-state index in [1.54, 1.807) is 0 Å². The molecule has 1 saturated carbocycles. The Morgan fingerprint density at radius 1 is 1.42 bits per heavy atom. The standard InChI is InChI=1S/C8H15NO3/c10-5-6-1-3-7(4-2-6)9-8(11)12/h6-7,9-10H,1-5H2,(H,11,12)/p+1. The highest BCUT2D eigenvalue weighted by Gasteiger charge is 2.23. The molecule has 0 unspecified atom stereocenters. The highest BCUT2D eigenvalue weighted by molar-refractivity contribution is 5.64. The van der Waals surface area contributed by atoms with Gasteiger partial charge in [-0.3, -0.25) is 5.32 Å². The van der Waals surface area contributed by atoms with E-state index in [2.05, 4.69) is 5.32 Å². The van der Waals surface area contributed by atoms with E-state index in [9.17, 15) is 4.79 Å². The first kappa shape index (κ1) is 9.32. The fourth-order valence-corrected chi connectivity index (χ4v) is 1.67. The molecule has 1 amide bonds. The molecule has 1 aliphatic rings. The average molecular weight is 174 g/mol. The molecule has 0 aromatic heterocycles. The summed E-state index contributed by atoms with van der Waals surface area (Å²) in [5.41, 5.74) is 0. The lowest BCUT2D eigenvalue weighted by Crippen LogP contribution is -2.37. The van der Waals surface area contributed by atoms with Crippen molar-refractivity contribution in [3.8, 4) is 0 Å². The first-order chi connectivity index (χ1) is 5.72. The Morgan fingerprint density at radius 2 is 2.00 bits per heavy atom. The zero-order chi connectivity index (χ0) is 8.97. The second kappa shape index (κ2) is 4.30. The molecule has 1 rings (SSSR count). The maximum absolute atomic E-state index is 10.4. The third kappa shape index (κ3) is 2.70. The maximum atomic E-state index is 10.4. The van der Waals surface area contributed by atoms with Gasteiger partial charge in [-0.25, -0.2) is 0 Å². The van der Waals surface area contributed by atoms with Crippen molar-refractivity contribution in [2.75, 3.05) is 6.61 Å². The minimum atomic E-state index is -0.692. The highest BCUT2D eigenvalue weighted by atomic mass is 16.4. The Morgan fingerprint density at radius 3 is 2.42 bits per heavy atom. The Hall–Kier alpha value is -0.770. The summed E-state index contributed by atoms with van der Waals surface area (Å²) in [5.74, 6) is 0.406. The van der Waals surface area contributed by atoms with E-state index in [1.165, 1.54) is 0 Å². The van der Waals surface area contributed by atoms with Gasteiger partial charge < -0.3 is 10.2 Å².